The summed E-state index contributed by atoms with van der Waals surface area (Å²) < 4.78 is 0. The summed E-state index contributed by atoms with van der Waals surface area (Å²) in [5, 5.41) is 14.0. The monoisotopic (exact) mass is 637 g/mol. The molecule has 0 bridgehead atoms. The number of hydrogen-bond donors (Lipinski definition) is 2. The van der Waals surface area contributed by atoms with Crippen molar-refractivity contribution in [1.29, 1.82) is 0 Å². The zero-order chi connectivity index (χ0) is 32.7. The van der Waals surface area contributed by atoms with Crippen LogP contribution in [-0.2, 0) is 28.3 Å². The van der Waals surface area contributed by atoms with Gasteiger partial charge in [0.15, 0.2) is 0 Å². The van der Waals surface area contributed by atoms with E-state index in [-0.39, 0.29) is 18.2 Å². The molecular weight excluding hydrogens is 594 g/mol. The zero-order valence-corrected chi connectivity index (χ0v) is 27.2. The summed E-state index contributed by atoms with van der Waals surface area (Å²) in [5.74, 6) is 0.321. The maximum Gasteiger partial charge on any atom is 0.255 e. The minimum atomic E-state index is -0.968. The minimum absolute atomic E-state index is 0.196. The summed E-state index contributed by atoms with van der Waals surface area (Å²) in [6.45, 7) is 10.6. The Balaban J connectivity index is 0.908. The van der Waals surface area contributed by atoms with Crippen molar-refractivity contribution in [3.05, 3.63) is 82.7 Å². The van der Waals surface area contributed by atoms with Gasteiger partial charge in [-0.2, -0.15) is 0 Å². The molecule has 3 saturated heterocycles. The predicted molar refractivity (Wildman–Crippen MR) is 178 cm³/mol. The molecule has 1 unspecified atom stereocenters. The Kier molecular flexibility index (Phi) is 8.44. The second kappa shape index (κ2) is 12.7. The molecule has 3 aromatic rings. The van der Waals surface area contributed by atoms with E-state index in [0.717, 1.165) is 68.5 Å². The van der Waals surface area contributed by atoms with E-state index in [2.05, 4.69) is 68.1 Å². The number of likely N-dealkylation sites (tertiary alicyclic amines) is 1. The van der Waals surface area contributed by atoms with Gasteiger partial charge in [-0.3, -0.25) is 24.6 Å². The van der Waals surface area contributed by atoms with Gasteiger partial charge in [0, 0.05) is 82.4 Å². The first-order valence-electron chi connectivity index (χ1n) is 16.8. The molecule has 11 heteroatoms. The van der Waals surface area contributed by atoms with Crippen molar-refractivity contribution >= 4 is 29.4 Å². The van der Waals surface area contributed by atoms with Crippen LogP contribution in [0.15, 0.2) is 54.9 Å². The Morgan fingerprint density at radius 1 is 0.915 bits per heavy atom. The molecule has 4 aliphatic rings. The van der Waals surface area contributed by atoms with Crippen molar-refractivity contribution in [2.45, 2.75) is 70.2 Å². The van der Waals surface area contributed by atoms with Gasteiger partial charge >= 0.3 is 0 Å². The lowest BCUT2D eigenvalue weighted by Gasteiger charge is -2.39. The van der Waals surface area contributed by atoms with Crippen LogP contribution in [0.25, 0.3) is 0 Å². The molecule has 0 spiro atoms. The van der Waals surface area contributed by atoms with E-state index < -0.39 is 17.6 Å². The molecule has 3 amide bonds. The Labute approximate surface area is 275 Å². The number of benzene rings is 2. The number of carbonyl (C=O) groups is 3. The highest BCUT2D eigenvalue weighted by Crippen LogP contribution is 2.37. The molecule has 3 fully saturated rings. The maximum absolute atomic E-state index is 13.1. The highest BCUT2D eigenvalue weighted by Gasteiger charge is 2.41. The quantitative estimate of drug-likeness (QED) is 0.376. The van der Waals surface area contributed by atoms with Crippen LogP contribution >= 0.6 is 0 Å². The summed E-state index contributed by atoms with van der Waals surface area (Å²) in [5.41, 5.74) is 4.87. The SMILES string of the molecule is CC(C)c1cnc(N2CCN(c3ccc(CN4CCC(O)(c5ccc6c(c5)CN(C5CCC(=O)NC5=O)C6=O)CC4)cc3)CC2)nc1. The molecule has 246 valence electrons. The van der Waals surface area contributed by atoms with E-state index in [9.17, 15) is 19.5 Å². The van der Waals surface area contributed by atoms with E-state index >= 15 is 0 Å². The Bertz CT molecular complexity index is 1640. The number of hydrogen-bond acceptors (Lipinski definition) is 9. The predicted octanol–water partition coefficient (Wildman–Crippen LogP) is 3.17. The van der Waals surface area contributed by atoms with Gasteiger partial charge in [0.05, 0.1) is 5.60 Å². The second-order valence-electron chi connectivity index (χ2n) is 13.7. The Hall–Kier alpha value is -4.35. The summed E-state index contributed by atoms with van der Waals surface area (Å²) >= 11 is 0. The van der Waals surface area contributed by atoms with E-state index in [1.165, 1.54) is 11.3 Å². The third kappa shape index (κ3) is 6.34. The van der Waals surface area contributed by atoms with Crippen LogP contribution in [0.3, 0.4) is 0 Å². The van der Waals surface area contributed by atoms with Crippen LogP contribution in [0.1, 0.15) is 78.1 Å². The number of anilines is 2. The third-order valence-electron chi connectivity index (χ3n) is 10.3. The second-order valence-corrected chi connectivity index (χ2v) is 13.7. The molecular formula is C36H43N7O4. The van der Waals surface area contributed by atoms with Gasteiger partial charge in [0.1, 0.15) is 6.04 Å². The van der Waals surface area contributed by atoms with E-state index in [0.29, 0.717) is 37.3 Å². The van der Waals surface area contributed by atoms with Crippen LogP contribution < -0.4 is 15.1 Å². The average Bonchev–Trinajstić information content (AvgIpc) is 3.41. The highest BCUT2D eigenvalue weighted by molar-refractivity contribution is 6.05. The van der Waals surface area contributed by atoms with E-state index in [1.54, 1.807) is 11.0 Å². The number of aromatic nitrogens is 2. The third-order valence-corrected chi connectivity index (χ3v) is 10.3. The molecule has 11 nitrogen and oxygen atoms in total. The fraction of sp³-hybridized carbons (Fsp3) is 0.472. The molecule has 2 aromatic carbocycles. The standard InChI is InChI=1S/C36H43N7O4/c1-24(2)27-20-37-35(38-21-27)42-17-15-41(16-18-42)29-6-3-25(4-7-29)22-40-13-11-36(47,12-14-40)28-5-8-30-26(19-28)23-43(34(30)46)31-9-10-32(44)39-33(31)45/h3-8,19-21,24,31,47H,9-18,22-23H2,1-2H3,(H,39,44,45). The van der Waals surface area contributed by atoms with Crippen molar-refractivity contribution in [2.75, 3.05) is 49.1 Å². The maximum atomic E-state index is 13.1. The topological polar surface area (TPSA) is 122 Å². The van der Waals surface area contributed by atoms with Crippen LogP contribution in [0.4, 0.5) is 11.6 Å². The van der Waals surface area contributed by atoms with E-state index in [1.807, 2.05) is 24.5 Å². The summed E-state index contributed by atoms with van der Waals surface area (Å²) in [6.07, 6.45) is 5.64. The fourth-order valence-electron chi connectivity index (χ4n) is 7.26. The number of rotatable bonds is 7. The van der Waals surface area contributed by atoms with Crippen molar-refractivity contribution in [2.24, 2.45) is 0 Å². The molecule has 0 saturated carbocycles. The smallest absolute Gasteiger partial charge is 0.255 e. The molecule has 7 rings (SSSR count). The number of aliphatic hydroxyl groups is 1. The lowest BCUT2D eigenvalue weighted by Crippen LogP contribution is -2.52. The Morgan fingerprint density at radius 2 is 1.60 bits per heavy atom. The lowest BCUT2D eigenvalue weighted by molar-refractivity contribution is -0.136. The molecule has 2 N–H and O–H groups in total. The number of amides is 3. The molecule has 0 aliphatic carbocycles. The first kappa shape index (κ1) is 31.3. The molecule has 1 atom stereocenters. The normalized spacial score (nSPS) is 21.7. The lowest BCUT2D eigenvalue weighted by atomic mass is 9.83. The van der Waals surface area contributed by atoms with Crippen LogP contribution in [0, 0.1) is 0 Å². The molecule has 4 aliphatic heterocycles. The molecule has 1 aromatic heterocycles. The van der Waals surface area contributed by atoms with Gasteiger partial charge in [-0.25, -0.2) is 9.97 Å². The van der Waals surface area contributed by atoms with Crippen LogP contribution in [0.2, 0.25) is 0 Å². The van der Waals surface area contributed by atoms with Crippen LogP contribution in [-0.4, -0.2) is 87.9 Å². The summed E-state index contributed by atoms with van der Waals surface area (Å²) in [4.78, 5) is 54.9. The largest absolute Gasteiger partial charge is 0.385 e. The van der Waals surface area contributed by atoms with Gasteiger partial charge < -0.3 is 19.8 Å². The molecule has 47 heavy (non-hydrogen) atoms. The number of nitrogens with one attached hydrogen (secondary N) is 1. The van der Waals surface area contributed by atoms with Gasteiger partial charge in [-0.1, -0.05) is 38.1 Å². The highest BCUT2D eigenvalue weighted by atomic mass is 16.3. The average molecular weight is 638 g/mol. The number of piperidine rings is 2. The minimum Gasteiger partial charge on any atom is -0.385 e. The van der Waals surface area contributed by atoms with Gasteiger partial charge in [-0.15, -0.1) is 0 Å². The Morgan fingerprint density at radius 3 is 2.26 bits per heavy atom. The van der Waals surface area contributed by atoms with Gasteiger partial charge in [-0.05, 0) is 65.6 Å². The van der Waals surface area contributed by atoms with Crippen molar-refractivity contribution in [1.82, 2.24) is 25.1 Å². The van der Waals surface area contributed by atoms with Gasteiger partial charge in [0.25, 0.3) is 5.91 Å². The first-order valence-corrected chi connectivity index (χ1v) is 16.8. The molecule has 0 radical (unpaired) electrons. The zero-order valence-electron chi connectivity index (χ0n) is 27.2. The number of piperazine rings is 1. The van der Waals surface area contributed by atoms with Crippen molar-refractivity contribution < 1.29 is 19.5 Å². The van der Waals surface area contributed by atoms with Gasteiger partial charge in [0.2, 0.25) is 17.8 Å². The van der Waals surface area contributed by atoms with E-state index in [4.69, 9.17) is 0 Å². The number of fused-ring (bicyclic) bond motifs is 1. The van der Waals surface area contributed by atoms with Crippen molar-refractivity contribution in [3.8, 4) is 0 Å². The summed E-state index contributed by atoms with van der Waals surface area (Å²) in [7, 11) is 0. The van der Waals surface area contributed by atoms with Crippen molar-refractivity contribution in [3.63, 3.8) is 0 Å². The fourth-order valence-corrected chi connectivity index (χ4v) is 7.26. The van der Waals surface area contributed by atoms with Crippen LogP contribution in [0.5, 0.6) is 0 Å². The molecule has 5 heterocycles. The number of carbonyl (C=O) groups excluding carboxylic acids is 3. The summed E-state index contributed by atoms with van der Waals surface area (Å²) in [6, 6.07) is 13.8. The number of imide groups is 1. The number of nitrogens with zero attached hydrogens (tertiary/aromatic N) is 6. The first-order chi connectivity index (χ1) is 22.7.